The molecule has 0 fully saturated rings. The number of nitrogens with one attached hydrogen (secondary N) is 1. The number of phenolic OH excluding ortho intramolecular Hbond substituents is 2. The smallest absolute Gasteiger partial charge is 0.335 e. The molecule has 0 aromatic heterocycles. The van der Waals surface area contributed by atoms with Gasteiger partial charge in [-0.3, -0.25) is 19.7 Å². The van der Waals surface area contributed by atoms with Crippen LogP contribution in [0.4, 0.5) is 17.1 Å². The highest BCUT2D eigenvalue weighted by atomic mass is 16.6. The number of hydrogen-bond donors (Lipinski definition) is 4. The van der Waals surface area contributed by atoms with Crippen molar-refractivity contribution in [3.63, 3.8) is 0 Å². The van der Waals surface area contributed by atoms with Crippen LogP contribution in [0.3, 0.4) is 0 Å². The number of aromatic hydroxyl groups is 2. The maximum absolute atomic E-state index is 13.2. The SMILES string of the molecule is O=C(O)c1ccc(Nc2ccc(O)c3c2C(=O)c2c([N+](=O)[O-])ccc(O)c2C3=O)cc1. The number of anilines is 2. The molecule has 0 radical (unpaired) electrons. The zero-order chi connectivity index (χ0) is 22.4. The Morgan fingerprint density at radius 2 is 1.35 bits per heavy atom. The fourth-order valence-electron chi connectivity index (χ4n) is 3.46. The Kier molecular flexibility index (Phi) is 4.39. The van der Waals surface area contributed by atoms with Crippen molar-refractivity contribution in [3.05, 3.63) is 86.5 Å². The summed E-state index contributed by atoms with van der Waals surface area (Å²) in [6.45, 7) is 0. The van der Waals surface area contributed by atoms with Crippen molar-refractivity contribution in [2.45, 2.75) is 0 Å². The van der Waals surface area contributed by atoms with E-state index in [1.54, 1.807) is 0 Å². The van der Waals surface area contributed by atoms with Crippen LogP contribution in [0.15, 0.2) is 48.5 Å². The number of nitro groups is 1. The molecule has 4 rings (SSSR count). The molecule has 1 aliphatic carbocycles. The third-order valence-corrected chi connectivity index (χ3v) is 4.86. The van der Waals surface area contributed by atoms with Crippen molar-refractivity contribution in [2.75, 3.05) is 5.32 Å². The van der Waals surface area contributed by atoms with Gasteiger partial charge in [-0.15, -0.1) is 0 Å². The van der Waals surface area contributed by atoms with E-state index in [-0.39, 0.29) is 16.8 Å². The van der Waals surface area contributed by atoms with E-state index in [9.17, 15) is 34.7 Å². The number of phenols is 2. The van der Waals surface area contributed by atoms with E-state index >= 15 is 0 Å². The number of ketones is 2. The summed E-state index contributed by atoms with van der Waals surface area (Å²) in [5.74, 6) is -4.14. The molecule has 31 heavy (non-hydrogen) atoms. The molecule has 0 atom stereocenters. The summed E-state index contributed by atoms with van der Waals surface area (Å²) in [7, 11) is 0. The van der Waals surface area contributed by atoms with Crippen LogP contribution in [0.1, 0.15) is 42.2 Å². The number of benzene rings is 3. The summed E-state index contributed by atoms with van der Waals surface area (Å²) in [4.78, 5) is 47.8. The van der Waals surface area contributed by atoms with Gasteiger partial charge in [0.25, 0.3) is 5.69 Å². The minimum atomic E-state index is -1.13. The monoisotopic (exact) mass is 420 g/mol. The fourth-order valence-corrected chi connectivity index (χ4v) is 3.46. The number of carboxylic acid groups (broad SMARTS) is 1. The van der Waals surface area contributed by atoms with Gasteiger partial charge < -0.3 is 20.6 Å². The van der Waals surface area contributed by atoms with Crippen molar-refractivity contribution in [2.24, 2.45) is 0 Å². The van der Waals surface area contributed by atoms with E-state index in [4.69, 9.17) is 5.11 Å². The zero-order valence-corrected chi connectivity index (χ0v) is 15.4. The summed E-state index contributed by atoms with van der Waals surface area (Å²) >= 11 is 0. The topological polar surface area (TPSA) is 167 Å². The van der Waals surface area contributed by atoms with Crippen molar-refractivity contribution in [3.8, 4) is 11.5 Å². The third kappa shape index (κ3) is 3.02. The Hall–Kier alpha value is -4.73. The minimum Gasteiger partial charge on any atom is -0.507 e. The lowest BCUT2D eigenvalue weighted by atomic mass is 9.81. The largest absolute Gasteiger partial charge is 0.507 e. The maximum atomic E-state index is 13.2. The Bertz CT molecular complexity index is 1310. The predicted octanol–water partition coefficient (Wildman–Crippen LogP) is 3.22. The van der Waals surface area contributed by atoms with Gasteiger partial charge in [0.2, 0.25) is 11.6 Å². The highest BCUT2D eigenvalue weighted by Crippen LogP contribution is 2.43. The van der Waals surface area contributed by atoms with Crippen LogP contribution < -0.4 is 5.32 Å². The van der Waals surface area contributed by atoms with E-state index in [2.05, 4.69) is 5.32 Å². The van der Waals surface area contributed by atoms with Gasteiger partial charge in [-0.25, -0.2) is 4.79 Å². The lowest BCUT2D eigenvalue weighted by Crippen LogP contribution is -2.23. The number of aromatic carboxylic acids is 1. The van der Waals surface area contributed by atoms with Gasteiger partial charge in [0, 0.05) is 11.8 Å². The minimum absolute atomic E-state index is 0.0320. The van der Waals surface area contributed by atoms with Crippen LogP contribution in [0.25, 0.3) is 0 Å². The zero-order valence-electron chi connectivity index (χ0n) is 15.4. The molecule has 10 heteroatoms. The summed E-state index contributed by atoms with van der Waals surface area (Å²) in [6, 6.07) is 9.84. The molecule has 0 unspecified atom stereocenters. The molecule has 1 aliphatic rings. The van der Waals surface area contributed by atoms with Crippen LogP contribution >= 0.6 is 0 Å². The van der Waals surface area contributed by atoms with Crippen molar-refractivity contribution in [1.82, 2.24) is 0 Å². The van der Waals surface area contributed by atoms with Gasteiger partial charge in [-0.05, 0) is 42.5 Å². The second-order valence-corrected chi connectivity index (χ2v) is 6.66. The Morgan fingerprint density at radius 3 is 1.94 bits per heavy atom. The summed E-state index contributed by atoms with van der Waals surface area (Å²) in [5, 5.41) is 43.6. The van der Waals surface area contributed by atoms with Crippen molar-refractivity contribution < 1.29 is 34.6 Å². The average molecular weight is 420 g/mol. The van der Waals surface area contributed by atoms with Gasteiger partial charge in [0.15, 0.2) is 0 Å². The second-order valence-electron chi connectivity index (χ2n) is 6.66. The van der Waals surface area contributed by atoms with Crippen LogP contribution in [0.2, 0.25) is 0 Å². The molecule has 3 aromatic carbocycles. The quantitative estimate of drug-likeness (QED) is 0.220. The first-order chi connectivity index (χ1) is 14.7. The van der Waals surface area contributed by atoms with Gasteiger partial charge in [0.1, 0.15) is 17.1 Å². The van der Waals surface area contributed by atoms with Gasteiger partial charge >= 0.3 is 5.97 Å². The number of carbonyl (C=O) groups excluding carboxylic acids is 2. The van der Waals surface area contributed by atoms with Crippen LogP contribution in [0.5, 0.6) is 11.5 Å². The normalized spacial score (nSPS) is 12.1. The molecule has 0 bridgehead atoms. The van der Waals surface area contributed by atoms with E-state index in [0.717, 1.165) is 18.2 Å². The number of carbonyl (C=O) groups is 3. The molecule has 0 saturated heterocycles. The molecule has 0 aliphatic heterocycles. The second kappa shape index (κ2) is 6.95. The number of rotatable bonds is 4. The first-order valence-corrected chi connectivity index (χ1v) is 8.76. The average Bonchev–Trinajstić information content (AvgIpc) is 2.73. The first-order valence-electron chi connectivity index (χ1n) is 8.76. The standard InChI is InChI=1S/C21H12N2O8/c24-13-7-5-11(22-10-3-1-9(2-4-10)21(28)29)15-17(13)20(27)18-14(25)8-6-12(23(30)31)16(18)19(15)26/h1-8,22,24-25H,(H,28,29). The molecule has 0 saturated carbocycles. The van der Waals surface area contributed by atoms with Gasteiger partial charge in [-0.2, -0.15) is 0 Å². The summed E-state index contributed by atoms with van der Waals surface area (Å²) in [6.07, 6.45) is 0. The Balaban J connectivity index is 1.90. The van der Waals surface area contributed by atoms with Crippen LogP contribution in [0, 0.1) is 10.1 Å². The molecule has 3 aromatic rings. The van der Waals surface area contributed by atoms with E-state index in [1.807, 2.05) is 0 Å². The molecule has 0 amide bonds. The predicted molar refractivity (Wildman–Crippen MR) is 106 cm³/mol. The number of nitro benzene ring substituents is 1. The third-order valence-electron chi connectivity index (χ3n) is 4.86. The van der Waals surface area contributed by atoms with Crippen LogP contribution in [-0.4, -0.2) is 37.8 Å². The lowest BCUT2D eigenvalue weighted by Gasteiger charge is -2.22. The van der Waals surface area contributed by atoms with E-state index < -0.39 is 56.3 Å². The molecular formula is C21H12N2O8. The number of fused-ring (bicyclic) bond motifs is 2. The molecule has 154 valence electrons. The number of hydrogen-bond acceptors (Lipinski definition) is 8. The van der Waals surface area contributed by atoms with Crippen molar-refractivity contribution >= 4 is 34.6 Å². The molecule has 10 nitrogen and oxygen atoms in total. The molecule has 0 heterocycles. The Morgan fingerprint density at radius 1 is 0.806 bits per heavy atom. The molecule has 0 spiro atoms. The number of carboxylic acids is 1. The Labute approximate surface area is 173 Å². The maximum Gasteiger partial charge on any atom is 0.335 e. The van der Waals surface area contributed by atoms with Gasteiger partial charge in [0.05, 0.1) is 32.9 Å². The first kappa shape index (κ1) is 19.6. The van der Waals surface area contributed by atoms with Gasteiger partial charge in [-0.1, -0.05) is 0 Å². The lowest BCUT2D eigenvalue weighted by molar-refractivity contribution is -0.385. The highest BCUT2D eigenvalue weighted by molar-refractivity contribution is 6.33. The molecule has 4 N–H and O–H groups in total. The van der Waals surface area contributed by atoms with Crippen molar-refractivity contribution in [1.29, 1.82) is 0 Å². The van der Waals surface area contributed by atoms with E-state index in [1.165, 1.54) is 30.3 Å². The fraction of sp³-hybridized carbons (Fsp3) is 0. The number of nitrogens with zero attached hydrogens (tertiary/aromatic N) is 1. The van der Waals surface area contributed by atoms with Crippen LogP contribution in [-0.2, 0) is 0 Å². The summed E-state index contributed by atoms with van der Waals surface area (Å²) < 4.78 is 0. The highest BCUT2D eigenvalue weighted by Gasteiger charge is 2.40. The summed E-state index contributed by atoms with van der Waals surface area (Å²) in [5.41, 5.74) is -2.01. The van der Waals surface area contributed by atoms with E-state index in [0.29, 0.717) is 5.69 Å². The molecular weight excluding hydrogens is 408 g/mol.